The second-order valence-corrected chi connectivity index (χ2v) is 8.22. The Morgan fingerprint density at radius 2 is 1.71 bits per heavy atom. The lowest BCUT2D eigenvalue weighted by atomic mass is 10.1. The first-order valence-corrected chi connectivity index (χ1v) is 9.54. The van der Waals surface area contributed by atoms with Crippen molar-refractivity contribution >= 4 is 29.2 Å². The third kappa shape index (κ3) is 4.49. The van der Waals surface area contributed by atoms with Crippen LogP contribution in [0.2, 0.25) is 0 Å². The molecule has 2 aromatic rings. The summed E-state index contributed by atoms with van der Waals surface area (Å²) in [5.41, 5.74) is 0.275. The average molecular weight is 416 g/mol. The third-order valence-electron chi connectivity index (χ3n) is 4.98. The van der Waals surface area contributed by atoms with Crippen molar-refractivity contribution in [1.82, 2.24) is 0 Å². The van der Waals surface area contributed by atoms with Crippen molar-refractivity contribution in [3.63, 3.8) is 0 Å². The molecule has 1 aliphatic rings. The molecular formula is C22H19Cl2NO3. The number of para-hydroxylation sites is 1. The molecule has 0 radical (unpaired) electrons. The van der Waals surface area contributed by atoms with Crippen molar-refractivity contribution in [2.24, 2.45) is 17.3 Å². The van der Waals surface area contributed by atoms with Gasteiger partial charge in [-0.3, -0.25) is 4.79 Å². The van der Waals surface area contributed by atoms with Crippen LogP contribution in [0.4, 0.5) is 0 Å². The molecule has 0 amide bonds. The van der Waals surface area contributed by atoms with Crippen molar-refractivity contribution in [2.45, 2.75) is 20.0 Å². The summed E-state index contributed by atoms with van der Waals surface area (Å²) in [4.78, 5) is 12.6. The number of halogens is 2. The highest BCUT2D eigenvalue weighted by Crippen LogP contribution is 2.60. The molecule has 3 rings (SSSR count). The molecule has 1 fully saturated rings. The van der Waals surface area contributed by atoms with Crippen molar-refractivity contribution in [2.75, 3.05) is 0 Å². The van der Waals surface area contributed by atoms with E-state index in [1.54, 1.807) is 30.3 Å². The van der Waals surface area contributed by atoms with Gasteiger partial charge >= 0.3 is 5.97 Å². The van der Waals surface area contributed by atoms with Gasteiger partial charge in [0.2, 0.25) is 6.10 Å². The predicted octanol–water partition coefficient (Wildman–Crippen LogP) is 6.18. The van der Waals surface area contributed by atoms with Crippen LogP contribution in [-0.4, -0.2) is 5.97 Å². The summed E-state index contributed by atoms with van der Waals surface area (Å²) in [6.07, 6.45) is 0.650. The molecule has 1 saturated carbocycles. The maximum atomic E-state index is 12.6. The Balaban J connectivity index is 1.66. The SMILES string of the molecule is CC1(C)[C@@H](C=C(Cl)Cl)[C@@H]1C(=O)OC(C#N)c1ccc(Oc2ccccc2)cc1. The second kappa shape index (κ2) is 8.26. The molecule has 0 spiro atoms. The minimum atomic E-state index is -0.995. The number of hydrogen-bond acceptors (Lipinski definition) is 4. The lowest BCUT2D eigenvalue weighted by Gasteiger charge is -2.13. The van der Waals surface area contributed by atoms with Gasteiger partial charge in [0.05, 0.1) is 5.92 Å². The van der Waals surface area contributed by atoms with Crippen LogP contribution in [0.5, 0.6) is 11.5 Å². The van der Waals surface area contributed by atoms with E-state index < -0.39 is 12.1 Å². The van der Waals surface area contributed by atoms with Crippen LogP contribution >= 0.6 is 23.2 Å². The molecule has 6 heteroatoms. The van der Waals surface area contributed by atoms with Gasteiger partial charge in [0, 0.05) is 5.56 Å². The predicted molar refractivity (Wildman–Crippen MR) is 108 cm³/mol. The lowest BCUT2D eigenvalue weighted by Crippen LogP contribution is -2.14. The van der Waals surface area contributed by atoms with Gasteiger partial charge in [0.15, 0.2) is 0 Å². The first-order valence-electron chi connectivity index (χ1n) is 8.78. The number of nitrogens with zero attached hydrogens (tertiary/aromatic N) is 1. The second-order valence-electron chi connectivity index (χ2n) is 7.21. The van der Waals surface area contributed by atoms with E-state index >= 15 is 0 Å². The number of benzene rings is 2. The van der Waals surface area contributed by atoms with Crippen molar-refractivity contribution in [1.29, 1.82) is 5.26 Å². The highest BCUT2D eigenvalue weighted by Gasteiger charge is 2.62. The average Bonchev–Trinajstić information content (AvgIpc) is 3.20. The van der Waals surface area contributed by atoms with Crippen LogP contribution in [0.1, 0.15) is 25.5 Å². The maximum absolute atomic E-state index is 12.6. The smallest absolute Gasteiger partial charge is 0.311 e. The molecule has 1 aliphatic carbocycles. The maximum Gasteiger partial charge on any atom is 0.311 e. The Morgan fingerprint density at radius 1 is 1.11 bits per heavy atom. The summed E-state index contributed by atoms with van der Waals surface area (Å²) < 4.78 is 11.3. The van der Waals surface area contributed by atoms with Crippen LogP contribution in [-0.2, 0) is 9.53 Å². The van der Waals surface area contributed by atoms with Crippen LogP contribution < -0.4 is 4.74 Å². The number of allylic oxidation sites excluding steroid dienone is 1. The summed E-state index contributed by atoms with van der Waals surface area (Å²) in [6, 6.07) is 18.3. The molecule has 0 heterocycles. The summed E-state index contributed by atoms with van der Waals surface area (Å²) in [5, 5.41) is 9.46. The van der Waals surface area contributed by atoms with E-state index in [9.17, 15) is 10.1 Å². The zero-order valence-corrected chi connectivity index (χ0v) is 16.9. The quantitative estimate of drug-likeness (QED) is 0.528. The van der Waals surface area contributed by atoms with Crippen LogP contribution in [0.3, 0.4) is 0 Å². The number of carbonyl (C=O) groups excluding carboxylic acids is 1. The molecule has 0 aliphatic heterocycles. The lowest BCUT2D eigenvalue weighted by molar-refractivity contribution is -0.149. The van der Waals surface area contributed by atoms with E-state index in [0.717, 1.165) is 0 Å². The van der Waals surface area contributed by atoms with Gasteiger partial charge in [0.1, 0.15) is 22.1 Å². The first kappa shape index (κ1) is 20.3. The van der Waals surface area contributed by atoms with Gasteiger partial charge in [-0.25, -0.2) is 0 Å². The molecule has 0 bridgehead atoms. The number of carbonyl (C=O) groups is 1. The Morgan fingerprint density at radius 3 is 2.29 bits per heavy atom. The number of nitriles is 1. The summed E-state index contributed by atoms with van der Waals surface area (Å²) >= 11 is 11.4. The minimum Gasteiger partial charge on any atom is -0.457 e. The van der Waals surface area contributed by atoms with E-state index in [0.29, 0.717) is 17.1 Å². The van der Waals surface area contributed by atoms with Gasteiger partial charge in [-0.15, -0.1) is 0 Å². The first-order chi connectivity index (χ1) is 13.3. The van der Waals surface area contributed by atoms with E-state index in [1.807, 2.05) is 50.2 Å². The standard InChI is InChI=1S/C22H19Cl2NO3/c1-22(2)17(12-19(23)24)20(22)21(26)28-18(13-25)14-8-10-16(11-9-14)27-15-6-4-3-5-7-15/h3-12,17-18,20H,1-2H3/t17-,18?,20+/m0/s1. The summed E-state index contributed by atoms with van der Waals surface area (Å²) in [6.45, 7) is 3.88. The number of rotatable bonds is 6. The molecule has 28 heavy (non-hydrogen) atoms. The van der Waals surface area contributed by atoms with Crippen LogP contribution in [0.25, 0.3) is 0 Å². The molecule has 4 nitrogen and oxygen atoms in total. The van der Waals surface area contributed by atoms with Gasteiger partial charge in [-0.1, -0.05) is 67.4 Å². The number of esters is 1. The van der Waals surface area contributed by atoms with E-state index in [2.05, 4.69) is 0 Å². The topological polar surface area (TPSA) is 59.3 Å². The van der Waals surface area contributed by atoms with E-state index in [-0.39, 0.29) is 21.7 Å². The zero-order valence-electron chi connectivity index (χ0n) is 15.4. The van der Waals surface area contributed by atoms with Gasteiger partial charge in [0.25, 0.3) is 0 Å². The van der Waals surface area contributed by atoms with Crippen molar-refractivity contribution in [3.05, 3.63) is 70.7 Å². The molecular weight excluding hydrogens is 397 g/mol. The number of ether oxygens (including phenoxy) is 2. The normalized spacial score (nSPS) is 20.4. The Labute approximate surface area is 174 Å². The number of hydrogen-bond donors (Lipinski definition) is 0. The summed E-state index contributed by atoms with van der Waals surface area (Å²) in [5.74, 6) is 0.425. The Hall–Kier alpha value is -2.48. The monoisotopic (exact) mass is 415 g/mol. The van der Waals surface area contributed by atoms with Gasteiger partial charge in [-0.2, -0.15) is 5.26 Å². The fourth-order valence-corrected chi connectivity index (χ4v) is 3.54. The van der Waals surface area contributed by atoms with Crippen LogP contribution in [0, 0.1) is 28.6 Å². The van der Waals surface area contributed by atoms with Gasteiger partial charge in [-0.05, 0) is 41.7 Å². The van der Waals surface area contributed by atoms with E-state index in [1.165, 1.54) is 0 Å². The van der Waals surface area contributed by atoms with Gasteiger partial charge < -0.3 is 9.47 Å². The highest BCUT2D eigenvalue weighted by molar-refractivity contribution is 6.55. The molecule has 0 saturated heterocycles. The Kier molecular flexibility index (Phi) is 5.98. The Bertz CT molecular complexity index is 913. The largest absolute Gasteiger partial charge is 0.457 e. The minimum absolute atomic E-state index is 0.106. The van der Waals surface area contributed by atoms with Crippen LogP contribution in [0.15, 0.2) is 65.2 Å². The third-order valence-corrected chi connectivity index (χ3v) is 5.24. The molecule has 144 valence electrons. The highest BCUT2D eigenvalue weighted by atomic mass is 35.5. The fraction of sp³-hybridized carbons (Fsp3) is 0.273. The molecule has 1 unspecified atom stereocenters. The van der Waals surface area contributed by atoms with Crippen molar-refractivity contribution < 1.29 is 14.3 Å². The fourth-order valence-electron chi connectivity index (χ4n) is 3.27. The van der Waals surface area contributed by atoms with Crippen molar-refractivity contribution in [3.8, 4) is 17.6 Å². The summed E-state index contributed by atoms with van der Waals surface area (Å²) in [7, 11) is 0. The molecule has 3 atom stereocenters. The molecule has 0 N–H and O–H groups in total. The van der Waals surface area contributed by atoms with E-state index in [4.69, 9.17) is 32.7 Å². The zero-order chi connectivity index (χ0) is 20.3. The molecule has 2 aromatic carbocycles. The molecule has 0 aromatic heterocycles.